The van der Waals surface area contributed by atoms with Gasteiger partial charge < -0.3 is 9.57 Å². The standard InChI is InChI=1S/C11H10ClNO2/c12-8-3-1-2-7(4-8)9-5-10(15-13-9)11-6-14-11/h1-4,10-11H,5-6H2/t10-,11-/m0/s1. The van der Waals surface area contributed by atoms with Crippen LogP contribution >= 0.6 is 11.6 Å². The number of rotatable bonds is 2. The number of ether oxygens (including phenoxy) is 1. The van der Waals surface area contributed by atoms with Gasteiger partial charge in [0.05, 0.1) is 12.3 Å². The first-order valence-corrected chi connectivity index (χ1v) is 5.31. The summed E-state index contributed by atoms with van der Waals surface area (Å²) in [5.74, 6) is 0. The molecule has 0 aliphatic carbocycles. The molecule has 4 heteroatoms. The molecule has 0 radical (unpaired) electrons. The van der Waals surface area contributed by atoms with Crippen molar-refractivity contribution in [1.82, 2.24) is 0 Å². The second-order valence-corrected chi connectivity index (χ2v) is 4.20. The summed E-state index contributed by atoms with van der Waals surface area (Å²) in [4.78, 5) is 5.30. The van der Waals surface area contributed by atoms with Gasteiger partial charge in [-0.3, -0.25) is 0 Å². The zero-order valence-electron chi connectivity index (χ0n) is 8.02. The Bertz CT molecular complexity index is 415. The molecule has 0 bridgehead atoms. The molecule has 0 unspecified atom stereocenters. The van der Waals surface area contributed by atoms with Crippen molar-refractivity contribution >= 4 is 17.3 Å². The van der Waals surface area contributed by atoms with Gasteiger partial charge in [0.1, 0.15) is 6.10 Å². The largest absolute Gasteiger partial charge is 0.389 e. The molecular weight excluding hydrogens is 214 g/mol. The van der Waals surface area contributed by atoms with Crippen LogP contribution in [0.3, 0.4) is 0 Å². The van der Waals surface area contributed by atoms with Gasteiger partial charge in [-0.25, -0.2) is 0 Å². The normalized spacial score (nSPS) is 28.5. The third kappa shape index (κ3) is 1.85. The SMILES string of the molecule is Clc1cccc(C2=NO[C@H]([C@@H]3CO3)C2)c1. The van der Waals surface area contributed by atoms with E-state index >= 15 is 0 Å². The van der Waals surface area contributed by atoms with E-state index in [0.717, 1.165) is 29.3 Å². The third-order valence-corrected chi connectivity index (χ3v) is 2.86. The highest BCUT2D eigenvalue weighted by Gasteiger charge is 2.38. The fraction of sp³-hybridized carbons (Fsp3) is 0.364. The topological polar surface area (TPSA) is 34.1 Å². The van der Waals surface area contributed by atoms with Crippen LogP contribution in [0.2, 0.25) is 5.02 Å². The van der Waals surface area contributed by atoms with Crippen molar-refractivity contribution in [2.75, 3.05) is 6.61 Å². The Morgan fingerprint density at radius 2 is 2.20 bits per heavy atom. The van der Waals surface area contributed by atoms with Crippen LogP contribution in [0.15, 0.2) is 29.4 Å². The summed E-state index contributed by atoms with van der Waals surface area (Å²) in [5.41, 5.74) is 1.99. The minimum atomic E-state index is 0.0963. The molecule has 1 fully saturated rings. The van der Waals surface area contributed by atoms with Gasteiger partial charge in [0.2, 0.25) is 0 Å². The number of epoxide rings is 1. The fourth-order valence-electron chi connectivity index (χ4n) is 1.70. The van der Waals surface area contributed by atoms with E-state index in [1.54, 1.807) is 0 Å². The molecule has 0 amide bonds. The predicted molar refractivity (Wildman–Crippen MR) is 57.2 cm³/mol. The predicted octanol–water partition coefficient (Wildman–Crippen LogP) is 2.23. The maximum atomic E-state index is 5.91. The Morgan fingerprint density at radius 1 is 1.33 bits per heavy atom. The lowest BCUT2D eigenvalue weighted by molar-refractivity contribution is 0.0627. The van der Waals surface area contributed by atoms with Crippen LogP contribution in [0.25, 0.3) is 0 Å². The van der Waals surface area contributed by atoms with Gasteiger partial charge in [-0.2, -0.15) is 0 Å². The van der Waals surface area contributed by atoms with E-state index in [9.17, 15) is 0 Å². The summed E-state index contributed by atoms with van der Waals surface area (Å²) in [6.45, 7) is 0.795. The van der Waals surface area contributed by atoms with Crippen molar-refractivity contribution in [2.45, 2.75) is 18.6 Å². The summed E-state index contributed by atoms with van der Waals surface area (Å²) >= 11 is 5.91. The number of oxime groups is 1. The molecule has 0 saturated carbocycles. The smallest absolute Gasteiger partial charge is 0.161 e. The van der Waals surface area contributed by atoms with E-state index in [-0.39, 0.29) is 12.2 Å². The van der Waals surface area contributed by atoms with Crippen molar-refractivity contribution in [3.05, 3.63) is 34.9 Å². The highest BCUT2D eigenvalue weighted by atomic mass is 35.5. The Hall–Kier alpha value is -1.06. The second kappa shape index (κ2) is 3.51. The van der Waals surface area contributed by atoms with Crippen LogP contribution in [0, 0.1) is 0 Å². The van der Waals surface area contributed by atoms with E-state index in [0.29, 0.717) is 0 Å². The molecule has 3 nitrogen and oxygen atoms in total. The molecule has 2 heterocycles. The summed E-state index contributed by atoms with van der Waals surface area (Å²) in [7, 11) is 0. The molecular formula is C11H10ClNO2. The summed E-state index contributed by atoms with van der Waals surface area (Å²) < 4.78 is 5.18. The quantitative estimate of drug-likeness (QED) is 0.721. The van der Waals surface area contributed by atoms with E-state index in [1.165, 1.54) is 0 Å². The van der Waals surface area contributed by atoms with E-state index in [2.05, 4.69) is 5.16 Å². The highest BCUT2D eigenvalue weighted by Crippen LogP contribution is 2.27. The monoisotopic (exact) mass is 223 g/mol. The number of benzene rings is 1. The minimum absolute atomic E-state index is 0.0963. The van der Waals surface area contributed by atoms with Gasteiger partial charge in [0.25, 0.3) is 0 Å². The van der Waals surface area contributed by atoms with Crippen molar-refractivity contribution in [1.29, 1.82) is 0 Å². The zero-order chi connectivity index (χ0) is 10.3. The second-order valence-electron chi connectivity index (χ2n) is 3.77. The van der Waals surface area contributed by atoms with E-state index in [4.69, 9.17) is 21.2 Å². The maximum Gasteiger partial charge on any atom is 0.161 e. The molecule has 1 saturated heterocycles. The zero-order valence-corrected chi connectivity index (χ0v) is 8.78. The number of halogens is 1. The van der Waals surface area contributed by atoms with Gasteiger partial charge in [0, 0.05) is 17.0 Å². The first-order valence-electron chi connectivity index (χ1n) is 4.93. The summed E-state index contributed by atoms with van der Waals surface area (Å²) in [6, 6.07) is 7.66. The number of nitrogens with zero attached hydrogens (tertiary/aromatic N) is 1. The molecule has 78 valence electrons. The number of hydrogen-bond acceptors (Lipinski definition) is 3. The van der Waals surface area contributed by atoms with Crippen LogP contribution < -0.4 is 0 Å². The minimum Gasteiger partial charge on any atom is -0.389 e. The van der Waals surface area contributed by atoms with Gasteiger partial charge in [0.15, 0.2) is 6.10 Å². The first-order chi connectivity index (χ1) is 7.33. The van der Waals surface area contributed by atoms with Crippen LogP contribution in [-0.2, 0) is 9.57 Å². The molecule has 2 aliphatic rings. The van der Waals surface area contributed by atoms with Gasteiger partial charge in [-0.05, 0) is 12.1 Å². The van der Waals surface area contributed by atoms with Crippen molar-refractivity contribution in [3.8, 4) is 0 Å². The molecule has 0 aromatic heterocycles. The Kier molecular flexibility index (Phi) is 2.15. The van der Waals surface area contributed by atoms with Crippen LogP contribution in [0.5, 0.6) is 0 Å². The van der Waals surface area contributed by atoms with Crippen LogP contribution in [-0.4, -0.2) is 24.5 Å². The molecule has 1 aromatic rings. The lowest BCUT2D eigenvalue weighted by Gasteiger charge is -2.02. The maximum absolute atomic E-state index is 5.91. The van der Waals surface area contributed by atoms with Crippen LogP contribution in [0.1, 0.15) is 12.0 Å². The first kappa shape index (κ1) is 9.19. The van der Waals surface area contributed by atoms with Gasteiger partial charge in [-0.15, -0.1) is 0 Å². The average Bonchev–Trinajstić information content (AvgIpc) is 2.97. The van der Waals surface area contributed by atoms with E-state index in [1.807, 2.05) is 24.3 Å². The summed E-state index contributed by atoms with van der Waals surface area (Å²) in [5, 5.41) is 4.79. The molecule has 2 atom stereocenters. The van der Waals surface area contributed by atoms with Crippen molar-refractivity contribution < 1.29 is 9.57 Å². The molecule has 0 spiro atoms. The fourth-order valence-corrected chi connectivity index (χ4v) is 1.89. The molecule has 2 aliphatic heterocycles. The average molecular weight is 224 g/mol. The van der Waals surface area contributed by atoms with Gasteiger partial charge >= 0.3 is 0 Å². The molecule has 3 rings (SSSR count). The lowest BCUT2D eigenvalue weighted by Crippen LogP contribution is -2.15. The van der Waals surface area contributed by atoms with Crippen molar-refractivity contribution in [3.63, 3.8) is 0 Å². The lowest BCUT2D eigenvalue weighted by atomic mass is 10.0. The molecule has 1 aromatic carbocycles. The Balaban J connectivity index is 1.78. The van der Waals surface area contributed by atoms with Crippen molar-refractivity contribution in [2.24, 2.45) is 5.16 Å². The van der Waals surface area contributed by atoms with Gasteiger partial charge in [-0.1, -0.05) is 28.9 Å². The summed E-state index contributed by atoms with van der Waals surface area (Å²) in [6.07, 6.45) is 1.15. The number of hydrogen-bond donors (Lipinski definition) is 0. The molecule has 0 N–H and O–H groups in total. The Labute approximate surface area is 92.6 Å². The highest BCUT2D eigenvalue weighted by molar-refractivity contribution is 6.31. The van der Waals surface area contributed by atoms with Crippen LogP contribution in [0.4, 0.5) is 0 Å². The van der Waals surface area contributed by atoms with E-state index < -0.39 is 0 Å². The molecule has 15 heavy (non-hydrogen) atoms. The third-order valence-electron chi connectivity index (χ3n) is 2.62. The Morgan fingerprint density at radius 3 is 2.93 bits per heavy atom.